The second kappa shape index (κ2) is 6.51. The lowest BCUT2D eigenvalue weighted by atomic mass is 10.2. The van der Waals surface area contributed by atoms with Crippen molar-refractivity contribution in [2.24, 2.45) is 5.10 Å². The van der Waals surface area contributed by atoms with Crippen LogP contribution in [-0.4, -0.2) is 29.8 Å². The molecule has 0 unspecified atom stereocenters. The SMILES string of the molecule is CN(C)/C(=N\Nc1ccc([N+](=O)[O-])cc1)c1ccccc1. The first-order valence-corrected chi connectivity index (χ1v) is 6.39. The van der Waals surface area contributed by atoms with Crippen LogP contribution in [0.5, 0.6) is 0 Å². The Hall–Kier alpha value is -2.89. The van der Waals surface area contributed by atoms with E-state index in [2.05, 4.69) is 10.5 Å². The van der Waals surface area contributed by atoms with Crippen LogP contribution in [0.1, 0.15) is 5.56 Å². The van der Waals surface area contributed by atoms with Crippen molar-refractivity contribution in [3.05, 3.63) is 70.3 Å². The van der Waals surface area contributed by atoms with Crippen LogP contribution in [-0.2, 0) is 0 Å². The number of hydrogen-bond acceptors (Lipinski definition) is 4. The monoisotopic (exact) mass is 284 g/mol. The standard InChI is InChI=1S/C15H16N4O2/c1-18(2)15(12-6-4-3-5-7-12)17-16-13-8-10-14(11-9-13)19(20)21/h3-11,16H,1-2H3/b17-15-. The fraction of sp³-hybridized carbons (Fsp3) is 0.133. The molecule has 2 aromatic rings. The van der Waals surface area contributed by atoms with Crippen molar-refractivity contribution in [3.63, 3.8) is 0 Å². The number of benzene rings is 2. The van der Waals surface area contributed by atoms with Crippen LogP contribution in [0.25, 0.3) is 0 Å². The molecular weight excluding hydrogens is 268 g/mol. The number of rotatable bonds is 4. The summed E-state index contributed by atoms with van der Waals surface area (Å²) in [6, 6.07) is 15.9. The summed E-state index contributed by atoms with van der Waals surface area (Å²) in [5.74, 6) is 0.772. The van der Waals surface area contributed by atoms with Gasteiger partial charge in [-0.05, 0) is 12.1 Å². The van der Waals surface area contributed by atoms with E-state index < -0.39 is 4.92 Å². The third kappa shape index (κ3) is 3.79. The summed E-state index contributed by atoms with van der Waals surface area (Å²) in [6.45, 7) is 0. The topological polar surface area (TPSA) is 70.8 Å². The van der Waals surface area contributed by atoms with E-state index >= 15 is 0 Å². The minimum Gasteiger partial charge on any atom is -0.361 e. The minimum atomic E-state index is -0.428. The van der Waals surface area contributed by atoms with Crippen molar-refractivity contribution >= 4 is 17.2 Å². The van der Waals surface area contributed by atoms with Gasteiger partial charge in [0, 0.05) is 31.8 Å². The van der Waals surface area contributed by atoms with Gasteiger partial charge in [0.05, 0.1) is 10.6 Å². The van der Waals surface area contributed by atoms with Crippen LogP contribution in [0.2, 0.25) is 0 Å². The molecule has 2 rings (SSSR count). The van der Waals surface area contributed by atoms with E-state index in [1.165, 1.54) is 12.1 Å². The van der Waals surface area contributed by atoms with Gasteiger partial charge in [0.2, 0.25) is 0 Å². The molecule has 2 aromatic carbocycles. The molecule has 0 aliphatic carbocycles. The van der Waals surface area contributed by atoms with Crippen molar-refractivity contribution < 1.29 is 4.92 Å². The van der Waals surface area contributed by atoms with Crippen molar-refractivity contribution in [2.75, 3.05) is 19.5 Å². The largest absolute Gasteiger partial charge is 0.361 e. The molecule has 0 aliphatic heterocycles. The Bertz CT molecular complexity index is 636. The maximum absolute atomic E-state index is 10.6. The number of anilines is 1. The van der Waals surface area contributed by atoms with E-state index in [9.17, 15) is 10.1 Å². The molecule has 0 heterocycles. The lowest BCUT2D eigenvalue weighted by molar-refractivity contribution is -0.384. The predicted octanol–water partition coefficient (Wildman–Crippen LogP) is 2.93. The fourth-order valence-corrected chi connectivity index (χ4v) is 1.79. The Morgan fingerprint density at radius 3 is 2.24 bits per heavy atom. The quantitative estimate of drug-likeness (QED) is 0.405. The molecule has 0 fully saturated rings. The van der Waals surface area contributed by atoms with Crippen molar-refractivity contribution in [2.45, 2.75) is 0 Å². The number of nitro benzene ring substituents is 1. The van der Waals surface area contributed by atoms with Gasteiger partial charge in [-0.1, -0.05) is 30.3 Å². The first-order chi connectivity index (χ1) is 10.1. The smallest absolute Gasteiger partial charge is 0.269 e. The van der Waals surface area contributed by atoms with E-state index in [4.69, 9.17) is 0 Å². The molecular formula is C15H16N4O2. The molecule has 1 N–H and O–H groups in total. The molecule has 0 amide bonds. The van der Waals surface area contributed by atoms with Crippen LogP contribution in [0.4, 0.5) is 11.4 Å². The molecule has 0 radical (unpaired) electrons. The second-order valence-corrected chi connectivity index (χ2v) is 4.61. The summed E-state index contributed by atoms with van der Waals surface area (Å²) in [7, 11) is 3.81. The highest BCUT2D eigenvalue weighted by atomic mass is 16.6. The van der Waals surface area contributed by atoms with Gasteiger partial charge in [-0.2, -0.15) is 5.10 Å². The molecule has 0 spiro atoms. The fourth-order valence-electron chi connectivity index (χ4n) is 1.79. The van der Waals surface area contributed by atoms with Crippen molar-refractivity contribution in [3.8, 4) is 0 Å². The van der Waals surface area contributed by atoms with Crippen LogP contribution in [0.15, 0.2) is 59.7 Å². The normalized spacial score (nSPS) is 11.0. The van der Waals surface area contributed by atoms with E-state index in [1.807, 2.05) is 49.3 Å². The molecule has 108 valence electrons. The van der Waals surface area contributed by atoms with Crippen molar-refractivity contribution in [1.82, 2.24) is 4.90 Å². The summed E-state index contributed by atoms with van der Waals surface area (Å²) < 4.78 is 0. The van der Waals surface area contributed by atoms with Crippen LogP contribution in [0, 0.1) is 10.1 Å². The van der Waals surface area contributed by atoms with Crippen LogP contribution in [0.3, 0.4) is 0 Å². The second-order valence-electron chi connectivity index (χ2n) is 4.61. The minimum absolute atomic E-state index is 0.0559. The van der Waals surface area contributed by atoms with Crippen LogP contribution >= 0.6 is 0 Å². The summed E-state index contributed by atoms with van der Waals surface area (Å²) in [5.41, 5.74) is 4.64. The Labute approximate surface area is 122 Å². The van der Waals surface area contributed by atoms with Gasteiger partial charge in [-0.15, -0.1) is 0 Å². The molecule has 21 heavy (non-hydrogen) atoms. The van der Waals surface area contributed by atoms with Gasteiger partial charge in [0.15, 0.2) is 5.84 Å². The molecule has 0 saturated heterocycles. The highest BCUT2D eigenvalue weighted by Crippen LogP contribution is 2.15. The maximum atomic E-state index is 10.6. The number of hydrazone groups is 1. The van der Waals surface area contributed by atoms with E-state index in [1.54, 1.807) is 12.1 Å². The summed E-state index contributed by atoms with van der Waals surface area (Å²) in [4.78, 5) is 12.1. The number of nitrogens with zero attached hydrogens (tertiary/aromatic N) is 3. The lowest BCUT2D eigenvalue weighted by Gasteiger charge is -2.16. The highest BCUT2D eigenvalue weighted by Gasteiger charge is 2.06. The molecule has 0 atom stereocenters. The molecule has 0 bridgehead atoms. The zero-order chi connectivity index (χ0) is 15.2. The summed E-state index contributed by atoms with van der Waals surface area (Å²) in [6.07, 6.45) is 0. The molecule has 0 aromatic heterocycles. The predicted molar refractivity (Wildman–Crippen MR) is 83.4 cm³/mol. The van der Waals surface area contributed by atoms with Gasteiger partial charge < -0.3 is 4.90 Å². The summed E-state index contributed by atoms with van der Waals surface area (Å²) in [5, 5.41) is 15.0. The summed E-state index contributed by atoms with van der Waals surface area (Å²) >= 11 is 0. The zero-order valence-electron chi connectivity index (χ0n) is 11.9. The van der Waals surface area contributed by atoms with Gasteiger partial charge in [-0.25, -0.2) is 0 Å². The third-order valence-electron chi connectivity index (χ3n) is 2.82. The Morgan fingerprint density at radius 2 is 1.71 bits per heavy atom. The number of non-ortho nitro benzene ring substituents is 1. The molecule has 6 nitrogen and oxygen atoms in total. The van der Waals surface area contributed by atoms with Crippen LogP contribution < -0.4 is 5.43 Å². The van der Waals surface area contributed by atoms with E-state index in [0.29, 0.717) is 5.69 Å². The average Bonchev–Trinajstić information content (AvgIpc) is 2.48. The zero-order valence-corrected chi connectivity index (χ0v) is 11.9. The Balaban J connectivity index is 2.19. The third-order valence-corrected chi connectivity index (χ3v) is 2.82. The van der Waals surface area contributed by atoms with Gasteiger partial charge >= 0.3 is 0 Å². The van der Waals surface area contributed by atoms with Crippen molar-refractivity contribution in [1.29, 1.82) is 0 Å². The number of nitrogens with one attached hydrogen (secondary N) is 1. The van der Waals surface area contributed by atoms with E-state index in [0.717, 1.165) is 11.4 Å². The Morgan fingerprint density at radius 1 is 1.10 bits per heavy atom. The van der Waals surface area contributed by atoms with Gasteiger partial charge in [0.25, 0.3) is 5.69 Å². The number of nitro groups is 1. The first-order valence-electron chi connectivity index (χ1n) is 6.39. The molecule has 6 heteroatoms. The highest BCUT2D eigenvalue weighted by molar-refractivity contribution is 5.98. The number of hydrogen-bond donors (Lipinski definition) is 1. The first kappa shape index (κ1) is 14.5. The van der Waals surface area contributed by atoms with Gasteiger partial charge in [0.1, 0.15) is 0 Å². The number of amidine groups is 1. The van der Waals surface area contributed by atoms with Gasteiger partial charge in [-0.3, -0.25) is 15.5 Å². The maximum Gasteiger partial charge on any atom is 0.269 e. The lowest BCUT2D eigenvalue weighted by Crippen LogP contribution is -2.24. The molecule has 0 aliphatic rings. The Kier molecular flexibility index (Phi) is 4.50. The average molecular weight is 284 g/mol. The molecule has 0 saturated carbocycles. The van der Waals surface area contributed by atoms with E-state index in [-0.39, 0.29) is 5.69 Å².